The van der Waals surface area contributed by atoms with E-state index in [1.807, 2.05) is 0 Å². The Labute approximate surface area is 207 Å². The fraction of sp³-hybridized carbons (Fsp3) is 0.385. The fourth-order valence-corrected chi connectivity index (χ4v) is 5.53. The van der Waals surface area contributed by atoms with E-state index in [0.717, 1.165) is 5.56 Å². The molecule has 0 aromatic heterocycles. The molecule has 2 fully saturated rings. The van der Waals surface area contributed by atoms with Crippen molar-refractivity contribution in [1.29, 1.82) is 0 Å². The Morgan fingerprint density at radius 3 is 2.83 bits per heavy atom. The van der Waals surface area contributed by atoms with Crippen molar-refractivity contribution < 1.29 is 28.7 Å². The standard InChI is InChI=1S/C26H26N4O6/c1-14-22(31)29-20-9-15(5-6-21(20)36-14)25(34)30-12-26(13-30)7-8-35-11-18(26)24(33)28-19-4-2-3-16-17(19)10-27-23(16)32/h2-6,9,14,18H,7-8,10-13H2,1H3,(H,27,32)(H,28,33)(H,29,31). The van der Waals surface area contributed by atoms with E-state index in [2.05, 4.69) is 16.0 Å². The zero-order valence-corrected chi connectivity index (χ0v) is 19.8. The van der Waals surface area contributed by atoms with E-state index in [-0.39, 0.29) is 35.7 Å². The first-order valence-corrected chi connectivity index (χ1v) is 12.0. The van der Waals surface area contributed by atoms with Crippen LogP contribution in [0.25, 0.3) is 0 Å². The third kappa shape index (κ3) is 3.60. The van der Waals surface area contributed by atoms with Crippen LogP contribution in [0.1, 0.15) is 39.6 Å². The molecule has 186 valence electrons. The van der Waals surface area contributed by atoms with Gasteiger partial charge in [-0.25, -0.2) is 0 Å². The molecule has 4 aliphatic heterocycles. The van der Waals surface area contributed by atoms with Crippen LogP contribution in [0.2, 0.25) is 0 Å². The second-order valence-corrected chi connectivity index (χ2v) is 9.86. The molecular formula is C26H26N4O6. The van der Waals surface area contributed by atoms with Crippen molar-refractivity contribution in [3.05, 3.63) is 53.1 Å². The van der Waals surface area contributed by atoms with Crippen LogP contribution < -0.4 is 20.7 Å². The molecule has 2 saturated heterocycles. The predicted octanol–water partition coefficient (Wildman–Crippen LogP) is 1.77. The summed E-state index contributed by atoms with van der Waals surface area (Å²) in [5.74, 6) is -0.618. The van der Waals surface area contributed by atoms with Gasteiger partial charge in [-0.05, 0) is 43.7 Å². The van der Waals surface area contributed by atoms with Gasteiger partial charge in [-0.3, -0.25) is 19.2 Å². The average Bonchev–Trinajstić information content (AvgIpc) is 3.24. The molecule has 0 aliphatic carbocycles. The summed E-state index contributed by atoms with van der Waals surface area (Å²) in [5.41, 5.74) is 2.54. The van der Waals surface area contributed by atoms with Crippen molar-refractivity contribution in [2.45, 2.75) is 26.0 Å². The van der Waals surface area contributed by atoms with Crippen molar-refractivity contribution in [3.63, 3.8) is 0 Å². The van der Waals surface area contributed by atoms with Crippen LogP contribution in [-0.4, -0.2) is 60.9 Å². The monoisotopic (exact) mass is 490 g/mol. The summed E-state index contributed by atoms with van der Waals surface area (Å²) in [5, 5.41) is 8.56. The van der Waals surface area contributed by atoms with Crippen molar-refractivity contribution in [3.8, 4) is 5.75 Å². The third-order valence-electron chi connectivity index (χ3n) is 7.64. The number of nitrogens with zero attached hydrogens (tertiary/aromatic N) is 1. The number of hydrogen-bond acceptors (Lipinski definition) is 6. The number of nitrogens with one attached hydrogen (secondary N) is 3. The molecule has 2 aromatic rings. The van der Waals surface area contributed by atoms with Crippen LogP contribution in [0.3, 0.4) is 0 Å². The number of fused-ring (bicyclic) bond motifs is 2. The lowest BCUT2D eigenvalue weighted by atomic mass is 9.65. The summed E-state index contributed by atoms with van der Waals surface area (Å²) in [6.45, 7) is 3.74. The molecule has 4 amide bonds. The van der Waals surface area contributed by atoms with E-state index in [1.165, 1.54) is 0 Å². The van der Waals surface area contributed by atoms with Gasteiger partial charge >= 0.3 is 0 Å². The largest absolute Gasteiger partial charge is 0.479 e. The van der Waals surface area contributed by atoms with Crippen molar-refractivity contribution in [1.82, 2.24) is 10.2 Å². The van der Waals surface area contributed by atoms with E-state index < -0.39 is 12.0 Å². The van der Waals surface area contributed by atoms with Crippen molar-refractivity contribution >= 4 is 35.0 Å². The molecule has 0 bridgehead atoms. The van der Waals surface area contributed by atoms with Crippen LogP contribution in [0.5, 0.6) is 5.75 Å². The molecule has 10 nitrogen and oxygen atoms in total. The van der Waals surface area contributed by atoms with E-state index in [9.17, 15) is 19.2 Å². The van der Waals surface area contributed by atoms with Crippen LogP contribution in [0, 0.1) is 11.3 Å². The summed E-state index contributed by atoms with van der Waals surface area (Å²) < 4.78 is 11.2. The van der Waals surface area contributed by atoms with Crippen LogP contribution in [-0.2, 0) is 20.9 Å². The lowest BCUT2D eigenvalue weighted by molar-refractivity contribution is -0.147. The van der Waals surface area contributed by atoms with Crippen LogP contribution >= 0.6 is 0 Å². The summed E-state index contributed by atoms with van der Waals surface area (Å²) in [7, 11) is 0. The van der Waals surface area contributed by atoms with Gasteiger partial charge < -0.3 is 30.3 Å². The average molecular weight is 491 g/mol. The Balaban J connectivity index is 1.16. The highest BCUT2D eigenvalue weighted by atomic mass is 16.5. The summed E-state index contributed by atoms with van der Waals surface area (Å²) >= 11 is 0. The highest BCUT2D eigenvalue weighted by Crippen LogP contribution is 2.45. The third-order valence-corrected chi connectivity index (χ3v) is 7.64. The molecular weight excluding hydrogens is 464 g/mol. The van der Waals surface area contributed by atoms with Crippen molar-refractivity contribution in [2.75, 3.05) is 36.9 Å². The molecule has 4 aliphatic rings. The van der Waals surface area contributed by atoms with Gasteiger partial charge in [-0.15, -0.1) is 0 Å². The first-order valence-electron chi connectivity index (χ1n) is 12.0. The Kier molecular flexibility index (Phi) is 5.22. The number of benzene rings is 2. The molecule has 0 radical (unpaired) electrons. The maximum absolute atomic E-state index is 13.4. The van der Waals surface area contributed by atoms with E-state index >= 15 is 0 Å². The Morgan fingerprint density at radius 2 is 2.00 bits per heavy atom. The minimum atomic E-state index is -0.584. The molecule has 2 atom stereocenters. The zero-order valence-electron chi connectivity index (χ0n) is 19.8. The maximum Gasteiger partial charge on any atom is 0.265 e. The highest BCUT2D eigenvalue weighted by Gasteiger charge is 2.54. The highest BCUT2D eigenvalue weighted by molar-refractivity contribution is 6.03. The molecule has 2 unspecified atom stereocenters. The molecule has 36 heavy (non-hydrogen) atoms. The van der Waals surface area contributed by atoms with E-state index in [4.69, 9.17) is 9.47 Å². The predicted molar refractivity (Wildman–Crippen MR) is 129 cm³/mol. The Morgan fingerprint density at radius 1 is 1.17 bits per heavy atom. The quantitative estimate of drug-likeness (QED) is 0.602. The van der Waals surface area contributed by atoms with Gasteiger partial charge in [0.2, 0.25) is 5.91 Å². The number of rotatable bonds is 3. The van der Waals surface area contributed by atoms with E-state index in [0.29, 0.717) is 60.9 Å². The Hall–Kier alpha value is -3.92. The summed E-state index contributed by atoms with van der Waals surface area (Å²) in [4.78, 5) is 52.2. The van der Waals surface area contributed by atoms with Gasteiger partial charge in [0.05, 0.1) is 18.2 Å². The van der Waals surface area contributed by atoms with Gasteiger partial charge in [0.25, 0.3) is 17.7 Å². The van der Waals surface area contributed by atoms with Crippen LogP contribution in [0.4, 0.5) is 11.4 Å². The summed E-state index contributed by atoms with van der Waals surface area (Å²) in [6, 6.07) is 10.3. The second-order valence-electron chi connectivity index (χ2n) is 9.86. The SMILES string of the molecule is CC1Oc2ccc(C(=O)N3CC4(CCOCC4C(=O)Nc4cccc5c4CNC5=O)C3)cc2NC1=O. The van der Waals surface area contributed by atoms with E-state index in [1.54, 1.807) is 48.2 Å². The van der Waals surface area contributed by atoms with Gasteiger partial charge in [-0.2, -0.15) is 0 Å². The Bertz CT molecular complexity index is 1300. The minimum Gasteiger partial charge on any atom is -0.479 e. The first-order chi connectivity index (χ1) is 17.3. The molecule has 3 N–H and O–H groups in total. The number of ether oxygens (including phenoxy) is 2. The van der Waals surface area contributed by atoms with Crippen molar-refractivity contribution in [2.24, 2.45) is 11.3 Å². The van der Waals surface area contributed by atoms with Gasteiger partial charge in [0, 0.05) is 54.0 Å². The molecule has 0 saturated carbocycles. The fourth-order valence-electron chi connectivity index (χ4n) is 5.53. The number of carbonyl (C=O) groups excluding carboxylic acids is 4. The topological polar surface area (TPSA) is 126 Å². The van der Waals surface area contributed by atoms with Gasteiger partial charge in [-0.1, -0.05) is 6.07 Å². The number of likely N-dealkylation sites (tertiary alicyclic amines) is 1. The molecule has 10 heteroatoms. The number of carbonyl (C=O) groups is 4. The second kappa shape index (κ2) is 8.34. The van der Waals surface area contributed by atoms with Gasteiger partial charge in [0.15, 0.2) is 6.10 Å². The normalized spacial score (nSPS) is 23.5. The lowest BCUT2D eigenvalue weighted by Gasteiger charge is -2.55. The zero-order chi connectivity index (χ0) is 25.0. The minimum absolute atomic E-state index is 0.144. The number of hydrogen-bond donors (Lipinski definition) is 3. The number of amides is 4. The molecule has 4 heterocycles. The summed E-state index contributed by atoms with van der Waals surface area (Å²) in [6.07, 6.45) is 0.0907. The molecule has 1 spiro atoms. The molecule has 2 aromatic carbocycles. The number of anilines is 2. The van der Waals surface area contributed by atoms with Gasteiger partial charge in [0.1, 0.15) is 5.75 Å². The first kappa shape index (κ1) is 22.5. The van der Waals surface area contributed by atoms with Crippen LogP contribution in [0.15, 0.2) is 36.4 Å². The maximum atomic E-state index is 13.4. The lowest BCUT2D eigenvalue weighted by Crippen LogP contribution is -2.66. The molecule has 6 rings (SSSR count). The smallest absolute Gasteiger partial charge is 0.265 e.